The Balaban J connectivity index is 1.96. The van der Waals surface area contributed by atoms with E-state index < -0.39 is 0 Å². The summed E-state index contributed by atoms with van der Waals surface area (Å²) in [5, 5.41) is 0. The summed E-state index contributed by atoms with van der Waals surface area (Å²) >= 11 is 0. The van der Waals surface area contributed by atoms with Crippen LogP contribution >= 0.6 is 0 Å². The molecule has 1 aromatic carbocycles. The molecule has 2 nitrogen and oxygen atoms in total. The molecule has 2 rings (SSSR count). The monoisotopic (exact) mass is 220 g/mol. The van der Waals surface area contributed by atoms with E-state index in [1.165, 1.54) is 12.8 Å². The zero-order valence-electron chi connectivity index (χ0n) is 9.89. The van der Waals surface area contributed by atoms with E-state index in [-0.39, 0.29) is 12.2 Å². The summed E-state index contributed by atoms with van der Waals surface area (Å²) in [6.45, 7) is 2.83. The van der Waals surface area contributed by atoms with E-state index in [9.17, 15) is 0 Å². The first-order chi connectivity index (χ1) is 7.90. The van der Waals surface area contributed by atoms with Gasteiger partial charge >= 0.3 is 0 Å². The molecule has 0 spiro atoms. The lowest BCUT2D eigenvalue weighted by atomic mass is 9.94. The van der Waals surface area contributed by atoms with E-state index in [0.717, 1.165) is 25.2 Å². The molecule has 0 aromatic heterocycles. The first-order valence-electron chi connectivity index (χ1n) is 6.23. The lowest BCUT2D eigenvalue weighted by Gasteiger charge is -2.31. The Morgan fingerprint density at radius 3 is 2.44 bits per heavy atom. The Hall–Kier alpha value is -1.02. The zero-order valence-corrected chi connectivity index (χ0v) is 9.89. The van der Waals surface area contributed by atoms with Crippen molar-refractivity contribution in [3.63, 3.8) is 0 Å². The van der Waals surface area contributed by atoms with Gasteiger partial charge in [0.1, 0.15) is 11.9 Å². The molecule has 1 fully saturated rings. The average molecular weight is 220 g/mol. The maximum atomic E-state index is 6.00. The topological polar surface area (TPSA) is 18.5 Å². The second kappa shape index (κ2) is 5.90. The summed E-state index contributed by atoms with van der Waals surface area (Å²) in [7, 11) is 0. The van der Waals surface area contributed by atoms with E-state index in [2.05, 4.69) is 0 Å². The van der Waals surface area contributed by atoms with Crippen molar-refractivity contribution < 1.29 is 9.47 Å². The van der Waals surface area contributed by atoms with E-state index in [1.54, 1.807) is 0 Å². The van der Waals surface area contributed by atoms with Gasteiger partial charge in [0.2, 0.25) is 0 Å². The fourth-order valence-corrected chi connectivity index (χ4v) is 2.28. The third-order valence-corrected chi connectivity index (χ3v) is 3.05. The number of hydrogen-bond donors (Lipinski definition) is 0. The zero-order chi connectivity index (χ0) is 11.2. The fourth-order valence-electron chi connectivity index (χ4n) is 2.28. The normalized spacial score (nSPS) is 25.3. The van der Waals surface area contributed by atoms with Gasteiger partial charge in [-0.1, -0.05) is 24.6 Å². The third-order valence-electron chi connectivity index (χ3n) is 3.05. The van der Waals surface area contributed by atoms with Gasteiger partial charge in [0.05, 0.1) is 6.10 Å². The van der Waals surface area contributed by atoms with Gasteiger partial charge in [-0.25, -0.2) is 0 Å². The maximum absolute atomic E-state index is 6.00. The minimum Gasteiger partial charge on any atom is -0.488 e. The van der Waals surface area contributed by atoms with Crippen LogP contribution < -0.4 is 4.74 Å². The number of para-hydroxylation sites is 1. The van der Waals surface area contributed by atoms with Gasteiger partial charge in [-0.05, 0) is 38.3 Å². The summed E-state index contributed by atoms with van der Waals surface area (Å²) in [4.78, 5) is 0. The van der Waals surface area contributed by atoms with Gasteiger partial charge < -0.3 is 9.47 Å². The number of benzene rings is 1. The first kappa shape index (κ1) is 11.5. The summed E-state index contributed by atoms with van der Waals surface area (Å²) < 4.78 is 11.7. The van der Waals surface area contributed by atoms with Crippen LogP contribution in [0.1, 0.15) is 32.6 Å². The van der Waals surface area contributed by atoms with Crippen molar-refractivity contribution in [3.05, 3.63) is 30.3 Å². The smallest absolute Gasteiger partial charge is 0.125 e. The molecule has 0 bridgehead atoms. The Morgan fingerprint density at radius 2 is 1.75 bits per heavy atom. The minimum atomic E-state index is 0.232. The molecule has 1 aromatic rings. The predicted molar refractivity (Wildman–Crippen MR) is 64.7 cm³/mol. The molecule has 0 aliphatic heterocycles. The van der Waals surface area contributed by atoms with E-state index in [1.807, 2.05) is 37.3 Å². The highest BCUT2D eigenvalue weighted by Crippen LogP contribution is 2.25. The molecule has 1 aliphatic carbocycles. The van der Waals surface area contributed by atoms with Crippen LogP contribution in [0, 0.1) is 0 Å². The molecule has 0 radical (unpaired) electrons. The van der Waals surface area contributed by atoms with Crippen LogP contribution in [0.5, 0.6) is 5.75 Å². The van der Waals surface area contributed by atoms with Gasteiger partial charge in [-0.3, -0.25) is 0 Å². The quantitative estimate of drug-likeness (QED) is 0.774. The molecule has 2 atom stereocenters. The minimum absolute atomic E-state index is 0.232. The van der Waals surface area contributed by atoms with Crippen LogP contribution in [0.4, 0.5) is 0 Å². The van der Waals surface area contributed by atoms with Gasteiger partial charge in [-0.2, -0.15) is 0 Å². The third kappa shape index (κ3) is 2.99. The van der Waals surface area contributed by atoms with Crippen LogP contribution in [0.2, 0.25) is 0 Å². The van der Waals surface area contributed by atoms with Crippen molar-refractivity contribution in [2.75, 3.05) is 6.61 Å². The molecule has 1 aliphatic rings. The molecular weight excluding hydrogens is 200 g/mol. The van der Waals surface area contributed by atoms with Crippen molar-refractivity contribution in [2.24, 2.45) is 0 Å². The molecule has 2 heteroatoms. The Bertz CT molecular complexity index is 295. The van der Waals surface area contributed by atoms with Crippen LogP contribution in [-0.4, -0.2) is 18.8 Å². The standard InChI is InChI=1S/C14H20O2/c1-2-15-13-10-6-7-11-14(13)16-12-8-4-3-5-9-12/h3-5,8-9,13-14H,2,6-7,10-11H2,1H3. The summed E-state index contributed by atoms with van der Waals surface area (Å²) in [6.07, 6.45) is 5.26. The second-order valence-corrected chi connectivity index (χ2v) is 4.25. The van der Waals surface area contributed by atoms with Crippen molar-refractivity contribution in [1.29, 1.82) is 0 Å². The van der Waals surface area contributed by atoms with Gasteiger partial charge in [0, 0.05) is 6.61 Å². The van der Waals surface area contributed by atoms with Crippen molar-refractivity contribution in [1.82, 2.24) is 0 Å². The largest absolute Gasteiger partial charge is 0.488 e. The van der Waals surface area contributed by atoms with Gasteiger partial charge in [0.25, 0.3) is 0 Å². The Labute approximate surface area is 97.6 Å². The lowest BCUT2D eigenvalue weighted by Crippen LogP contribution is -2.37. The summed E-state index contributed by atoms with van der Waals surface area (Å²) in [5.74, 6) is 0.958. The average Bonchev–Trinajstić information content (AvgIpc) is 2.33. The molecule has 0 saturated heterocycles. The molecule has 1 saturated carbocycles. The highest BCUT2D eigenvalue weighted by molar-refractivity contribution is 5.21. The number of rotatable bonds is 4. The lowest BCUT2D eigenvalue weighted by molar-refractivity contribution is -0.0426. The van der Waals surface area contributed by atoms with Gasteiger partial charge in [-0.15, -0.1) is 0 Å². The van der Waals surface area contributed by atoms with E-state index in [0.29, 0.717) is 0 Å². The first-order valence-corrected chi connectivity index (χ1v) is 6.23. The predicted octanol–water partition coefficient (Wildman–Crippen LogP) is 3.41. The number of ether oxygens (including phenoxy) is 2. The van der Waals surface area contributed by atoms with Crippen molar-refractivity contribution in [3.8, 4) is 5.75 Å². The van der Waals surface area contributed by atoms with Crippen LogP contribution in [0.15, 0.2) is 30.3 Å². The SMILES string of the molecule is CCOC1CCCCC1Oc1ccccc1. The molecule has 88 valence electrons. The maximum Gasteiger partial charge on any atom is 0.125 e. The second-order valence-electron chi connectivity index (χ2n) is 4.25. The molecule has 0 amide bonds. The van der Waals surface area contributed by atoms with Gasteiger partial charge in [0.15, 0.2) is 0 Å². The Kier molecular flexibility index (Phi) is 4.23. The molecule has 0 N–H and O–H groups in total. The summed E-state index contributed by atoms with van der Waals surface area (Å²) in [5.41, 5.74) is 0. The molecule has 16 heavy (non-hydrogen) atoms. The van der Waals surface area contributed by atoms with Crippen molar-refractivity contribution >= 4 is 0 Å². The Morgan fingerprint density at radius 1 is 1.06 bits per heavy atom. The van der Waals surface area contributed by atoms with E-state index >= 15 is 0 Å². The molecule has 2 unspecified atom stereocenters. The van der Waals surface area contributed by atoms with Crippen molar-refractivity contribution in [2.45, 2.75) is 44.8 Å². The molecule has 0 heterocycles. The highest BCUT2D eigenvalue weighted by atomic mass is 16.5. The summed E-state index contributed by atoms with van der Waals surface area (Å²) in [6, 6.07) is 10.0. The van der Waals surface area contributed by atoms with Crippen LogP contribution in [0.3, 0.4) is 0 Å². The van der Waals surface area contributed by atoms with Crippen LogP contribution in [-0.2, 0) is 4.74 Å². The number of hydrogen-bond acceptors (Lipinski definition) is 2. The molecular formula is C14H20O2. The fraction of sp³-hybridized carbons (Fsp3) is 0.571. The van der Waals surface area contributed by atoms with E-state index in [4.69, 9.17) is 9.47 Å². The van der Waals surface area contributed by atoms with Crippen LogP contribution in [0.25, 0.3) is 0 Å². The highest BCUT2D eigenvalue weighted by Gasteiger charge is 2.26.